The van der Waals surface area contributed by atoms with Crippen LogP contribution in [0.1, 0.15) is 33.9 Å². The number of methoxy groups -OCH3 is 1. The Morgan fingerprint density at radius 1 is 1.20 bits per heavy atom. The zero-order valence-corrected chi connectivity index (χ0v) is 23.5. The Kier molecular flexibility index (Phi) is 9.29. The number of anilines is 1. The van der Waals surface area contributed by atoms with Crippen LogP contribution in [0, 0.1) is 3.57 Å². The lowest BCUT2D eigenvalue weighted by Crippen LogP contribution is -2.41. The summed E-state index contributed by atoms with van der Waals surface area (Å²) in [6.07, 6.45) is -4.64. The van der Waals surface area contributed by atoms with Crippen LogP contribution in [0.4, 0.5) is 23.2 Å². The summed E-state index contributed by atoms with van der Waals surface area (Å²) >= 11 is 1.71. The quantitative estimate of drug-likeness (QED) is 0.139. The molecule has 41 heavy (non-hydrogen) atoms. The first-order valence-electron chi connectivity index (χ1n) is 12.1. The predicted octanol–water partition coefficient (Wildman–Crippen LogP) is 3.05. The summed E-state index contributed by atoms with van der Waals surface area (Å²) in [4.78, 5) is 41.7. The molecule has 16 heteroatoms. The Morgan fingerprint density at radius 2 is 1.98 bits per heavy atom. The van der Waals surface area contributed by atoms with Crippen LogP contribution in [0.25, 0.3) is 10.9 Å². The number of H-pyrrole nitrogens is 1. The molecule has 0 fully saturated rings. The van der Waals surface area contributed by atoms with Gasteiger partial charge >= 0.3 is 12.1 Å². The molecule has 0 saturated heterocycles. The maximum Gasteiger partial charge on any atom is 0.416 e. The van der Waals surface area contributed by atoms with Gasteiger partial charge in [-0.3, -0.25) is 19.5 Å². The second kappa shape index (κ2) is 12.7. The zero-order valence-electron chi connectivity index (χ0n) is 21.4. The molecule has 1 unspecified atom stereocenters. The van der Waals surface area contributed by atoms with Crippen LogP contribution in [0.5, 0.6) is 0 Å². The fraction of sp³-hybridized carbons (Fsp3) is 0.320. The van der Waals surface area contributed by atoms with Crippen molar-refractivity contribution in [3.63, 3.8) is 0 Å². The summed E-state index contributed by atoms with van der Waals surface area (Å²) in [6.45, 7) is -0.482. The number of aliphatic imine (C=N–C) groups is 1. The van der Waals surface area contributed by atoms with Gasteiger partial charge in [0, 0.05) is 14.5 Å². The van der Waals surface area contributed by atoms with Crippen molar-refractivity contribution in [3.05, 3.63) is 56.8 Å². The highest BCUT2D eigenvalue weighted by atomic mass is 127. The average Bonchev–Trinajstić information content (AvgIpc) is 3.41. The molecule has 2 amide bonds. The molecular weight excluding hydrogens is 665 g/mol. The Balaban J connectivity index is 1.47. The van der Waals surface area contributed by atoms with E-state index in [1.54, 1.807) is 22.6 Å². The standard InChI is InChI=1S/C25H24F4IN7O4/c1-41-22(39)7-18(12-2-14(25(27,28)29)6-16(30)3-12)35-21(38)11-31-23(40)13-4-19(17-10-34-37-20(17)5-13)36-24-32-8-15(26)9-33-24/h2-6,10,15,18H,7-9,11H2,1H3,(H,31,40)(H,34,37)(H,35,38)(H2,32,33,36)/t18-/m0/s1. The molecule has 4 rings (SSSR count). The maximum absolute atomic E-state index is 13.4. The highest BCUT2D eigenvalue weighted by molar-refractivity contribution is 14.1. The number of carbonyl (C=O) groups excluding carboxylic acids is 3. The Labute approximate surface area is 244 Å². The number of aromatic amines is 1. The van der Waals surface area contributed by atoms with Crippen molar-refractivity contribution >= 4 is 62.9 Å². The predicted molar refractivity (Wildman–Crippen MR) is 149 cm³/mol. The van der Waals surface area contributed by atoms with Gasteiger partial charge in [-0.2, -0.15) is 18.3 Å². The molecule has 0 bridgehead atoms. The molecule has 0 saturated carbocycles. The molecule has 0 spiro atoms. The van der Waals surface area contributed by atoms with E-state index in [2.05, 4.69) is 41.2 Å². The Bertz CT molecular complexity index is 1490. The molecule has 1 aromatic heterocycles. The van der Waals surface area contributed by atoms with E-state index in [4.69, 9.17) is 0 Å². The highest BCUT2D eigenvalue weighted by Gasteiger charge is 2.32. The highest BCUT2D eigenvalue weighted by Crippen LogP contribution is 2.33. The number of nitrogens with one attached hydrogen (secondary N) is 5. The summed E-state index contributed by atoms with van der Waals surface area (Å²) in [5.74, 6) is -1.82. The molecule has 2 heterocycles. The SMILES string of the molecule is COC(=O)C[C@H](NC(=O)CNC(=O)c1cc(NC2=NCC(F)CN2)c2cn[nH]c2c1)c1cc(I)cc(C(F)(F)F)c1. The van der Waals surface area contributed by atoms with Crippen LogP contribution in [0.2, 0.25) is 0 Å². The van der Waals surface area contributed by atoms with Crippen molar-refractivity contribution in [1.82, 2.24) is 26.1 Å². The number of halogens is 5. The van der Waals surface area contributed by atoms with E-state index in [0.717, 1.165) is 19.2 Å². The van der Waals surface area contributed by atoms with E-state index in [1.165, 1.54) is 24.4 Å². The number of alkyl halides is 4. The molecule has 3 aromatic rings. The van der Waals surface area contributed by atoms with Gasteiger partial charge < -0.3 is 26.0 Å². The van der Waals surface area contributed by atoms with Crippen molar-refractivity contribution in [2.24, 2.45) is 4.99 Å². The van der Waals surface area contributed by atoms with Crippen LogP contribution in [0.3, 0.4) is 0 Å². The Morgan fingerprint density at radius 3 is 2.66 bits per heavy atom. The summed E-state index contributed by atoms with van der Waals surface area (Å²) in [7, 11) is 1.12. The van der Waals surface area contributed by atoms with Crippen molar-refractivity contribution in [2.75, 3.05) is 32.1 Å². The van der Waals surface area contributed by atoms with E-state index >= 15 is 0 Å². The second-order valence-corrected chi connectivity index (χ2v) is 10.2. The third-order valence-electron chi connectivity index (χ3n) is 6.01. The first-order chi connectivity index (χ1) is 19.4. The van der Waals surface area contributed by atoms with Crippen molar-refractivity contribution in [3.8, 4) is 0 Å². The number of guanidine groups is 1. The van der Waals surface area contributed by atoms with E-state index in [1.807, 2.05) is 0 Å². The van der Waals surface area contributed by atoms with Crippen LogP contribution in [-0.4, -0.2) is 66.9 Å². The van der Waals surface area contributed by atoms with E-state index in [-0.39, 0.29) is 27.8 Å². The molecule has 11 nitrogen and oxygen atoms in total. The maximum atomic E-state index is 13.4. The third-order valence-corrected chi connectivity index (χ3v) is 6.63. The van der Waals surface area contributed by atoms with Gasteiger partial charge in [-0.15, -0.1) is 0 Å². The van der Waals surface area contributed by atoms with Crippen molar-refractivity contribution < 1.29 is 36.7 Å². The average molecular weight is 689 g/mol. The van der Waals surface area contributed by atoms with Crippen LogP contribution >= 0.6 is 22.6 Å². The van der Waals surface area contributed by atoms with Crippen LogP contribution in [-0.2, 0) is 20.5 Å². The van der Waals surface area contributed by atoms with Gasteiger partial charge in [-0.1, -0.05) is 0 Å². The molecule has 5 N–H and O–H groups in total. The lowest BCUT2D eigenvalue weighted by atomic mass is 10.0. The topological polar surface area (TPSA) is 150 Å². The number of hydrogen-bond acceptors (Lipinski definition) is 8. The summed E-state index contributed by atoms with van der Waals surface area (Å²) in [6, 6.07) is 5.07. The lowest BCUT2D eigenvalue weighted by molar-refractivity contribution is -0.141. The summed E-state index contributed by atoms with van der Waals surface area (Å²) < 4.78 is 58.4. The number of amides is 2. The monoisotopic (exact) mass is 689 g/mol. The fourth-order valence-electron chi connectivity index (χ4n) is 4.00. The van der Waals surface area contributed by atoms with Crippen molar-refractivity contribution in [1.29, 1.82) is 0 Å². The van der Waals surface area contributed by atoms with Gasteiger partial charge in [-0.25, -0.2) is 9.38 Å². The lowest BCUT2D eigenvalue weighted by Gasteiger charge is -2.20. The molecule has 218 valence electrons. The van der Waals surface area contributed by atoms with E-state index in [0.29, 0.717) is 22.5 Å². The number of fused-ring (bicyclic) bond motifs is 1. The number of ether oxygens (including phenoxy) is 1. The number of hydrogen-bond donors (Lipinski definition) is 5. The van der Waals surface area contributed by atoms with Gasteiger partial charge in [-0.05, 0) is 58.5 Å². The van der Waals surface area contributed by atoms with Crippen LogP contribution in [0.15, 0.2) is 41.5 Å². The third kappa shape index (κ3) is 7.83. The van der Waals surface area contributed by atoms with Gasteiger partial charge in [0.15, 0.2) is 5.96 Å². The normalized spacial score (nSPS) is 15.9. The van der Waals surface area contributed by atoms with E-state index in [9.17, 15) is 31.9 Å². The molecule has 2 atom stereocenters. The number of esters is 1. The fourth-order valence-corrected chi connectivity index (χ4v) is 4.70. The number of nitrogens with zero attached hydrogens (tertiary/aromatic N) is 2. The smallest absolute Gasteiger partial charge is 0.416 e. The molecule has 0 radical (unpaired) electrons. The first-order valence-corrected chi connectivity index (χ1v) is 13.2. The number of benzene rings is 2. The molecule has 1 aliphatic rings. The number of carbonyl (C=O) groups is 3. The number of aromatic nitrogens is 2. The minimum atomic E-state index is -4.64. The summed E-state index contributed by atoms with van der Waals surface area (Å²) in [5.41, 5.74) is 0.214. The van der Waals surface area contributed by atoms with E-state index < -0.39 is 54.7 Å². The minimum Gasteiger partial charge on any atom is -0.469 e. The summed E-state index contributed by atoms with van der Waals surface area (Å²) in [5, 5.41) is 18.1. The first kappa shape index (κ1) is 30.0. The van der Waals surface area contributed by atoms with Gasteiger partial charge in [0.25, 0.3) is 5.91 Å². The van der Waals surface area contributed by atoms with Crippen LogP contribution < -0.4 is 21.3 Å². The van der Waals surface area contributed by atoms with Gasteiger partial charge in [0.2, 0.25) is 5.91 Å². The molecule has 1 aliphatic heterocycles. The van der Waals surface area contributed by atoms with Gasteiger partial charge in [0.1, 0.15) is 6.17 Å². The van der Waals surface area contributed by atoms with Crippen molar-refractivity contribution in [2.45, 2.75) is 24.8 Å². The molecule has 0 aliphatic carbocycles. The zero-order chi connectivity index (χ0) is 29.7. The Hall–Kier alpha value is -3.96. The second-order valence-electron chi connectivity index (χ2n) is 9.00. The molecule has 2 aromatic carbocycles. The number of rotatable bonds is 8. The minimum absolute atomic E-state index is 0.0181. The largest absolute Gasteiger partial charge is 0.469 e. The van der Waals surface area contributed by atoms with Gasteiger partial charge in [0.05, 0.1) is 62.2 Å². The molecular formula is C25H24F4IN7O4.